The Kier molecular flexibility index (Phi) is 8.63. The molecule has 1 aliphatic heterocycles. The fourth-order valence-corrected chi connectivity index (χ4v) is 5.07. The van der Waals surface area contributed by atoms with Crippen molar-refractivity contribution in [1.29, 1.82) is 0 Å². The van der Waals surface area contributed by atoms with Crippen LogP contribution >= 0.6 is 44.1 Å². The molecule has 0 spiro atoms. The average Bonchev–Trinajstić information content (AvgIpc) is 2.87. The van der Waals surface area contributed by atoms with Crippen molar-refractivity contribution in [3.63, 3.8) is 0 Å². The molecule has 37 heavy (non-hydrogen) atoms. The Bertz CT molecular complexity index is 1410. The highest BCUT2D eigenvalue weighted by Crippen LogP contribution is 2.32. The van der Waals surface area contributed by atoms with Gasteiger partial charge in [-0.15, -0.1) is 0 Å². The van der Waals surface area contributed by atoms with Crippen molar-refractivity contribution in [3.8, 4) is 17.2 Å². The quantitative estimate of drug-likeness (QED) is 0.183. The minimum atomic E-state index is -0.577. The highest BCUT2D eigenvalue weighted by molar-refractivity contribution is 9.11. The largest absolute Gasteiger partial charge is 0.494 e. The van der Waals surface area contributed by atoms with Gasteiger partial charge in [-0.25, -0.2) is 0 Å². The number of halogens is 2. The van der Waals surface area contributed by atoms with Gasteiger partial charge in [0.15, 0.2) is 16.6 Å². The Morgan fingerprint density at radius 2 is 1.81 bits per heavy atom. The molecule has 0 radical (unpaired) electrons. The number of nitrogens with one attached hydrogen (secondary N) is 1. The van der Waals surface area contributed by atoms with E-state index >= 15 is 0 Å². The Labute approximate surface area is 236 Å². The normalized spacial score (nSPS) is 14.5. The number of hydrogen-bond acceptors (Lipinski definition) is 6. The van der Waals surface area contributed by atoms with E-state index in [2.05, 4.69) is 37.2 Å². The van der Waals surface area contributed by atoms with Gasteiger partial charge in [-0.2, -0.15) is 0 Å². The molecule has 1 saturated heterocycles. The molecule has 0 unspecified atom stereocenters. The number of carbonyl (C=O) groups is 2. The van der Waals surface area contributed by atoms with E-state index in [4.69, 9.17) is 26.4 Å². The van der Waals surface area contributed by atoms with Crippen molar-refractivity contribution in [1.82, 2.24) is 5.32 Å². The van der Waals surface area contributed by atoms with E-state index in [-0.39, 0.29) is 10.7 Å². The van der Waals surface area contributed by atoms with Crippen LogP contribution in [-0.2, 0) is 16.2 Å². The molecule has 190 valence electrons. The SMILES string of the molecule is CCOc1cccc(N2C(=O)/C(=C/c3ccc(OCc4ccc(Br)cc4Br)c(OC)c3)C(=O)NC2=S)c1. The summed E-state index contributed by atoms with van der Waals surface area (Å²) in [4.78, 5) is 27.3. The predicted octanol–water partition coefficient (Wildman–Crippen LogP) is 6.03. The summed E-state index contributed by atoms with van der Waals surface area (Å²) in [6, 6.07) is 18.0. The molecule has 0 aliphatic carbocycles. The summed E-state index contributed by atoms with van der Waals surface area (Å²) in [7, 11) is 1.53. The monoisotopic (exact) mass is 644 g/mol. The lowest BCUT2D eigenvalue weighted by atomic mass is 10.1. The molecule has 1 heterocycles. The van der Waals surface area contributed by atoms with Crippen LogP contribution in [0.2, 0.25) is 0 Å². The standard InChI is InChI=1S/C27H22Br2N2O5S/c1-3-35-20-6-4-5-19(14-20)31-26(33)21(25(32)30-27(31)37)11-16-7-10-23(24(12-16)34-2)36-15-17-8-9-18(28)13-22(17)29/h4-14H,3,15H2,1-2H3,(H,30,32,37)/b21-11+. The number of amides is 2. The van der Waals surface area contributed by atoms with Crippen LogP contribution in [0.1, 0.15) is 18.1 Å². The van der Waals surface area contributed by atoms with Crippen LogP contribution in [0, 0.1) is 0 Å². The summed E-state index contributed by atoms with van der Waals surface area (Å²) in [5, 5.41) is 2.59. The van der Waals surface area contributed by atoms with Crippen molar-refractivity contribution in [2.24, 2.45) is 0 Å². The van der Waals surface area contributed by atoms with E-state index in [9.17, 15) is 9.59 Å². The molecule has 1 aliphatic rings. The van der Waals surface area contributed by atoms with Crippen molar-refractivity contribution in [3.05, 3.63) is 86.3 Å². The second-order valence-corrected chi connectivity index (χ2v) is 9.98. The van der Waals surface area contributed by atoms with E-state index < -0.39 is 11.8 Å². The van der Waals surface area contributed by atoms with Crippen molar-refractivity contribution in [2.75, 3.05) is 18.6 Å². The molecular weight excluding hydrogens is 624 g/mol. The third-order valence-electron chi connectivity index (χ3n) is 5.39. The Hall–Kier alpha value is -3.21. The number of hydrogen-bond donors (Lipinski definition) is 1. The molecule has 0 atom stereocenters. The van der Waals surface area contributed by atoms with Crippen molar-refractivity contribution < 1.29 is 23.8 Å². The maximum atomic E-state index is 13.4. The molecule has 1 fully saturated rings. The van der Waals surface area contributed by atoms with Crippen molar-refractivity contribution >= 4 is 72.8 Å². The summed E-state index contributed by atoms with van der Waals surface area (Å²) < 4.78 is 18.9. The second-order valence-electron chi connectivity index (χ2n) is 7.82. The van der Waals surface area contributed by atoms with Gasteiger partial charge in [0.25, 0.3) is 11.8 Å². The molecule has 0 saturated carbocycles. The first-order chi connectivity index (χ1) is 17.8. The first kappa shape index (κ1) is 26.8. The zero-order valence-corrected chi connectivity index (χ0v) is 23.9. The maximum Gasteiger partial charge on any atom is 0.270 e. The minimum Gasteiger partial charge on any atom is -0.494 e. The lowest BCUT2D eigenvalue weighted by Crippen LogP contribution is -2.54. The van der Waals surface area contributed by atoms with Crippen LogP contribution in [0.15, 0.2) is 75.2 Å². The lowest BCUT2D eigenvalue weighted by molar-refractivity contribution is -0.122. The molecule has 1 N–H and O–H groups in total. The van der Waals surface area contributed by atoms with Gasteiger partial charge < -0.3 is 14.2 Å². The van der Waals surface area contributed by atoms with Crippen LogP contribution < -0.4 is 24.4 Å². The topological polar surface area (TPSA) is 77.1 Å². The van der Waals surface area contributed by atoms with Gasteiger partial charge in [-0.1, -0.05) is 50.1 Å². The highest BCUT2D eigenvalue weighted by Gasteiger charge is 2.34. The lowest BCUT2D eigenvalue weighted by Gasteiger charge is -2.29. The van der Waals surface area contributed by atoms with Crippen LogP contribution in [0.5, 0.6) is 17.2 Å². The van der Waals surface area contributed by atoms with Gasteiger partial charge in [0.2, 0.25) is 0 Å². The molecule has 4 rings (SSSR count). The third-order valence-corrected chi connectivity index (χ3v) is 6.90. The predicted molar refractivity (Wildman–Crippen MR) is 153 cm³/mol. The fourth-order valence-electron chi connectivity index (χ4n) is 3.63. The van der Waals surface area contributed by atoms with E-state index in [1.165, 1.54) is 18.1 Å². The van der Waals surface area contributed by atoms with E-state index in [0.717, 1.165) is 14.5 Å². The third kappa shape index (κ3) is 6.20. The zero-order chi connectivity index (χ0) is 26.5. The number of ether oxygens (including phenoxy) is 3. The van der Waals surface area contributed by atoms with E-state index in [1.807, 2.05) is 25.1 Å². The Balaban J connectivity index is 1.59. The molecule has 0 bridgehead atoms. The van der Waals surface area contributed by atoms with E-state index in [0.29, 0.717) is 41.7 Å². The molecular formula is C27H22Br2N2O5S. The number of carbonyl (C=O) groups excluding carboxylic acids is 2. The molecule has 3 aromatic rings. The molecule has 2 amide bonds. The van der Waals surface area contributed by atoms with Crippen molar-refractivity contribution in [2.45, 2.75) is 13.5 Å². The number of thiocarbonyl (C=S) groups is 1. The highest BCUT2D eigenvalue weighted by atomic mass is 79.9. The first-order valence-corrected chi connectivity index (χ1v) is 13.2. The van der Waals surface area contributed by atoms with Gasteiger partial charge in [-0.3, -0.25) is 19.8 Å². The van der Waals surface area contributed by atoms with Gasteiger partial charge in [0.05, 0.1) is 19.4 Å². The van der Waals surface area contributed by atoms with Crippen LogP contribution in [0.3, 0.4) is 0 Å². The van der Waals surface area contributed by atoms with E-state index in [1.54, 1.807) is 42.5 Å². The maximum absolute atomic E-state index is 13.4. The van der Waals surface area contributed by atoms with Gasteiger partial charge >= 0.3 is 0 Å². The molecule has 0 aromatic heterocycles. The number of anilines is 1. The van der Waals surface area contributed by atoms with Gasteiger partial charge in [-0.05, 0) is 67.2 Å². The summed E-state index contributed by atoms with van der Waals surface area (Å²) in [6.07, 6.45) is 1.50. The summed E-state index contributed by atoms with van der Waals surface area (Å²) in [5.41, 5.74) is 1.98. The van der Waals surface area contributed by atoms with Crippen LogP contribution in [0.25, 0.3) is 6.08 Å². The number of methoxy groups -OCH3 is 1. The summed E-state index contributed by atoms with van der Waals surface area (Å²) in [6.45, 7) is 2.67. The minimum absolute atomic E-state index is 0.00114. The molecule has 10 heteroatoms. The van der Waals surface area contributed by atoms with Crippen LogP contribution in [-0.4, -0.2) is 30.6 Å². The number of nitrogens with zero attached hydrogens (tertiary/aromatic N) is 1. The number of rotatable bonds is 8. The first-order valence-electron chi connectivity index (χ1n) is 11.2. The number of benzene rings is 3. The second kappa shape index (κ2) is 11.9. The summed E-state index contributed by atoms with van der Waals surface area (Å²) >= 11 is 12.3. The van der Waals surface area contributed by atoms with Gasteiger partial charge in [0.1, 0.15) is 17.9 Å². The summed E-state index contributed by atoms with van der Waals surface area (Å²) in [5.74, 6) is 0.458. The fraction of sp³-hybridized carbons (Fsp3) is 0.148. The van der Waals surface area contributed by atoms with Gasteiger partial charge in [0, 0.05) is 20.6 Å². The van der Waals surface area contributed by atoms with Crippen LogP contribution in [0.4, 0.5) is 5.69 Å². The zero-order valence-electron chi connectivity index (χ0n) is 19.9. The Morgan fingerprint density at radius 3 is 2.54 bits per heavy atom. The molecule has 7 nitrogen and oxygen atoms in total. The average molecular weight is 646 g/mol. The Morgan fingerprint density at radius 1 is 1.00 bits per heavy atom. The molecule has 3 aromatic carbocycles. The smallest absolute Gasteiger partial charge is 0.270 e.